The average molecular weight is 440 g/mol. The molecule has 5 heteroatoms. The second-order valence-corrected chi connectivity index (χ2v) is 7.99. The number of hydrogen-bond acceptors (Lipinski definition) is 3. The Balaban J connectivity index is 1.72. The second-order valence-electron chi connectivity index (χ2n) is 7.99. The van der Waals surface area contributed by atoms with E-state index in [1.54, 1.807) is 7.11 Å². The topological polar surface area (TPSA) is 67.0 Å². The summed E-state index contributed by atoms with van der Waals surface area (Å²) in [5.74, 6) is 1.20. The van der Waals surface area contributed by atoms with Crippen molar-refractivity contribution in [1.82, 2.24) is 15.3 Å². The first kappa shape index (κ1) is 22.3. The first-order valence-electron chi connectivity index (χ1n) is 11.3. The van der Waals surface area contributed by atoms with E-state index < -0.39 is 0 Å². The molecule has 168 valence electrons. The third-order valence-electron chi connectivity index (χ3n) is 5.67. The number of unbranched alkanes of at least 4 members (excludes halogenated alkanes) is 1. The van der Waals surface area contributed by atoms with Crippen molar-refractivity contribution in [2.24, 2.45) is 0 Å². The zero-order valence-corrected chi connectivity index (χ0v) is 19.0. The lowest BCUT2D eigenvalue weighted by Crippen LogP contribution is -2.29. The van der Waals surface area contributed by atoms with E-state index in [0.29, 0.717) is 23.0 Å². The fourth-order valence-corrected chi connectivity index (χ4v) is 3.90. The normalized spacial score (nSPS) is 11.7. The minimum absolute atomic E-state index is 0.0692. The predicted octanol–water partition coefficient (Wildman–Crippen LogP) is 6.41. The van der Waals surface area contributed by atoms with E-state index in [1.807, 2.05) is 72.8 Å². The van der Waals surface area contributed by atoms with Gasteiger partial charge in [0.1, 0.15) is 23.0 Å². The summed E-state index contributed by atoms with van der Waals surface area (Å²) in [4.78, 5) is 21.7. The molecular formula is C28H29N3O2. The van der Waals surface area contributed by atoms with Crippen LogP contribution in [0.3, 0.4) is 0 Å². The van der Waals surface area contributed by atoms with E-state index >= 15 is 0 Å². The van der Waals surface area contributed by atoms with E-state index in [2.05, 4.69) is 29.4 Å². The molecule has 1 unspecified atom stereocenters. The summed E-state index contributed by atoms with van der Waals surface area (Å²) < 4.78 is 5.40. The number of benzene rings is 3. The van der Waals surface area contributed by atoms with Gasteiger partial charge in [-0.15, -0.1) is 0 Å². The van der Waals surface area contributed by atoms with E-state index in [1.165, 1.54) is 0 Å². The number of ether oxygens (including phenoxy) is 1. The van der Waals surface area contributed by atoms with Crippen molar-refractivity contribution in [3.63, 3.8) is 0 Å². The third kappa shape index (κ3) is 5.32. The molecule has 4 rings (SSSR count). The minimum atomic E-state index is -0.174. The Morgan fingerprint density at radius 2 is 1.67 bits per heavy atom. The maximum Gasteiger partial charge on any atom is 0.270 e. The SMILES string of the molecule is CCCCC(NC(=O)c1[nH]c(-c2ccccc2)nc1-c1cccc(OC)c1)c1ccccc1. The molecular weight excluding hydrogens is 410 g/mol. The number of rotatable bonds is 9. The standard InChI is InChI=1S/C28H29N3O2/c1-3-4-18-24(20-12-7-5-8-13-20)29-28(32)26-25(22-16-11-17-23(19-22)33-2)30-27(31-26)21-14-9-6-10-15-21/h5-17,19,24H,3-4,18H2,1-2H3,(H,29,32)(H,30,31). The fourth-order valence-electron chi connectivity index (χ4n) is 3.90. The zero-order chi connectivity index (χ0) is 23.0. The number of carbonyl (C=O) groups excluding carboxylic acids is 1. The van der Waals surface area contributed by atoms with Crippen LogP contribution < -0.4 is 10.1 Å². The van der Waals surface area contributed by atoms with Gasteiger partial charge in [0.2, 0.25) is 0 Å². The van der Waals surface area contributed by atoms with Gasteiger partial charge in [0.05, 0.1) is 13.2 Å². The van der Waals surface area contributed by atoms with Gasteiger partial charge in [0, 0.05) is 11.1 Å². The molecule has 1 aromatic heterocycles. The van der Waals surface area contributed by atoms with Gasteiger partial charge in [-0.2, -0.15) is 0 Å². The molecule has 0 radical (unpaired) electrons. The first-order valence-corrected chi connectivity index (χ1v) is 11.3. The fraction of sp³-hybridized carbons (Fsp3) is 0.214. The number of nitrogens with one attached hydrogen (secondary N) is 2. The van der Waals surface area contributed by atoms with Crippen molar-refractivity contribution in [2.45, 2.75) is 32.2 Å². The molecule has 0 aliphatic heterocycles. The number of carbonyl (C=O) groups is 1. The van der Waals surface area contributed by atoms with Crippen LogP contribution in [0.25, 0.3) is 22.6 Å². The molecule has 2 N–H and O–H groups in total. The van der Waals surface area contributed by atoms with Crippen LogP contribution in [-0.2, 0) is 0 Å². The number of aromatic nitrogens is 2. The molecule has 0 fully saturated rings. The van der Waals surface area contributed by atoms with Crippen molar-refractivity contribution in [3.8, 4) is 28.4 Å². The number of nitrogens with zero attached hydrogens (tertiary/aromatic N) is 1. The Labute approximate surface area is 194 Å². The monoisotopic (exact) mass is 439 g/mol. The van der Waals surface area contributed by atoms with Crippen LogP contribution >= 0.6 is 0 Å². The number of aromatic amines is 1. The number of methoxy groups -OCH3 is 1. The number of imidazole rings is 1. The summed E-state index contributed by atoms with van der Waals surface area (Å²) in [5.41, 5.74) is 3.89. The maximum absolute atomic E-state index is 13.6. The van der Waals surface area contributed by atoms with Gasteiger partial charge in [-0.3, -0.25) is 4.79 Å². The quantitative estimate of drug-likeness (QED) is 0.316. The molecule has 0 saturated carbocycles. The van der Waals surface area contributed by atoms with Crippen LogP contribution in [0.15, 0.2) is 84.9 Å². The molecule has 0 aliphatic rings. The van der Waals surface area contributed by atoms with Crippen molar-refractivity contribution in [2.75, 3.05) is 7.11 Å². The lowest BCUT2D eigenvalue weighted by molar-refractivity contribution is 0.0930. The van der Waals surface area contributed by atoms with Crippen LogP contribution in [0.5, 0.6) is 5.75 Å². The Hall–Kier alpha value is -3.86. The van der Waals surface area contributed by atoms with Crippen molar-refractivity contribution < 1.29 is 9.53 Å². The second kappa shape index (κ2) is 10.6. The molecule has 0 aliphatic carbocycles. The molecule has 33 heavy (non-hydrogen) atoms. The summed E-state index contributed by atoms with van der Waals surface area (Å²) >= 11 is 0. The number of amides is 1. The Morgan fingerprint density at radius 1 is 0.970 bits per heavy atom. The van der Waals surface area contributed by atoms with E-state index in [4.69, 9.17) is 9.72 Å². The molecule has 5 nitrogen and oxygen atoms in total. The van der Waals surface area contributed by atoms with Gasteiger partial charge in [-0.25, -0.2) is 4.98 Å². The van der Waals surface area contributed by atoms with Gasteiger partial charge >= 0.3 is 0 Å². The van der Waals surface area contributed by atoms with E-state index in [-0.39, 0.29) is 11.9 Å². The highest BCUT2D eigenvalue weighted by Crippen LogP contribution is 2.29. The highest BCUT2D eigenvalue weighted by Gasteiger charge is 2.23. The van der Waals surface area contributed by atoms with Gasteiger partial charge in [0.15, 0.2) is 0 Å². The third-order valence-corrected chi connectivity index (χ3v) is 5.67. The highest BCUT2D eigenvalue weighted by molar-refractivity contribution is 5.99. The van der Waals surface area contributed by atoms with Crippen LogP contribution in [0.1, 0.15) is 48.3 Å². The molecule has 1 atom stereocenters. The molecule has 1 amide bonds. The Kier molecular flexibility index (Phi) is 7.20. The molecule has 1 heterocycles. The van der Waals surface area contributed by atoms with Crippen LogP contribution in [0.2, 0.25) is 0 Å². The van der Waals surface area contributed by atoms with Crippen molar-refractivity contribution >= 4 is 5.91 Å². The molecule has 0 bridgehead atoms. The molecule has 0 saturated heterocycles. The van der Waals surface area contributed by atoms with Gasteiger partial charge in [0.25, 0.3) is 5.91 Å². The lowest BCUT2D eigenvalue weighted by Gasteiger charge is -2.19. The summed E-state index contributed by atoms with van der Waals surface area (Å²) in [6.07, 6.45) is 2.97. The van der Waals surface area contributed by atoms with Crippen molar-refractivity contribution in [3.05, 3.63) is 96.2 Å². The Morgan fingerprint density at radius 3 is 2.36 bits per heavy atom. The molecule has 4 aromatic rings. The predicted molar refractivity (Wildman–Crippen MR) is 132 cm³/mol. The maximum atomic E-state index is 13.6. The van der Waals surface area contributed by atoms with Crippen molar-refractivity contribution in [1.29, 1.82) is 0 Å². The highest BCUT2D eigenvalue weighted by atomic mass is 16.5. The number of hydrogen-bond donors (Lipinski definition) is 2. The van der Waals surface area contributed by atoms with E-state index in [9.17, 15) is 4.79 Å². The first-order chi connectivity index (χ1) is 16.2. The van der Waals surface area contributed by atoms with E-state index in [0.717, 1.165) is 36.0 Å². The smallest absolute Gasteiger partial charge is 0.270 e. The molecule has 3 aromatic carbocycles. The molecule has 0 spiro atoms. The Bertz CT molecular complexity index is 1190. The lowest BCUT2D eigenvalue weighted by atomic mass is 10.0. The van der Waals surface area contributed by atoms with Crippen LogP contribution in [-0.4, -0.2) is 23.0 Å². The van der Waals surface area contributed by atoms with Crippen LogP contribution in [0, 0.1) is 0 Å². The van der Waals surface area contributed by atoms with Gasteiger partial charge in [-0.1, -0.05) is 92.6 Å². The summed E-state index contributed by atoms with van der Waals surface area (Å²) in [6.45, 7) is 2.16. The zero-order valence-electron chi connectivity index (χ0n) is 19.0. The average Bonchev–Trinajstić information content (AvgIpc) is 3.33. The van der Waals surface area contributed by atoms with Crippen LogP contribution in [0.4, 0.5) is 0 Å². The van der Waals surface area contributed by atoms with Gasteiger partial charge < -0.3 is 15.0 Å². The minimum Gasteiger partial charge on any atom is -0.497 e. The summed E-state index contributed by atoms with van der Waals surface area (Å²) in [5, 5.41) is 3.25. The number of H-pyrrole nitrogens is 1. The summed E-state index contributed by atoms with van der Waals surface area (Å²) in [6, 6.07) is 27.5. The van der Waals surface area contributed by atoms with Gasteiger partial charge in [-0.05, 0) is 24.1 Å². The largest absolute Gasteiger partial charge is 0.497 e. The summed E-state index contributed by atoms with van der Waals surface area (Å²) in [7, 11) is 1.63.